The van der Waals surface area contributed by atoms with E-state index in [0.717, 1.165) is 24.0 Å². The number of carbonyl (C=O) groups is 1. The number of likely N-dealkylation sites (tertiary alicyclic amines) is 1. The zero-order valence-electron chi connectivity index (χ0n) is 15.7. The van der Waals surface area contributed by atoms with Crippen LogP contribution in [0.5, 0.6) is 0 Å². The van der Waals surface area contributed by atoms with Crippen LogP contribution in [0.1, 0.15) is 36.0 Å². The number of nitrogens with zero attached hydrogens (tertiary/aromatic N) is 1. The number of nitrogens with two attached hydrogens (primary N) is 1. The van der Waals surface area contributed by atoms with Crippen LogP contribution in [-0.4, -0.2) is 54.4 Å². The molecule has 26 heavy (non-hydrogen) atoms. The fourth-order valence-electron chi connectivity index (χ4n) is 4.26. The topological polar surface area (TPSA) is 75.8 Å². The van der Waals surface area contributed by atoms with E-state index in [1.54, 1.807) is 0 Å². The van der Waals surface area contributed by atoms with E-state index in [0.29, 0.717) is 39.1 Å². The Morgan fingerprint density at radius 2 is 2.04 bits per heavy atom. The van der Waals surface area contributed by atoms with Crippen molar-refractivity contribution in [3.63, 3.8) is 0 Å². The molecule has 2 fully saturated rings. The number of halogens is 1. The Morgan fingerprint density at radius 3 is 2.65 bits per heavy atom. The zero-order chi connectivity index (χ0) is 18.0. The molecular weight excluding hydrogens is 352 g/mol. The standard InChI is InChI=1S/C20H30N2O3.ClH/c1-14-3-4-15(2)16(11-14)12-19(24)22-8-5-20(6-9-22)17(23)13-18(20)25-10-7-21;/h3-4,11,17-18,23H,5-10,12-13,21H2,1-2H3;1H/t17-,18+;/m1./s1. The van der Waals surface area contributed by atoms with Gasteiger partial charge in [0.1, 0.15) is 0 Å². The van der Waals surface area contributed by atoms with E-state index in [2.05, 4.69) is 32.0 Å². The third-order valence-electron chi connectivity index (χ3n) is 6.07. The Balaban J connectivity index is 0.00000243. The summed E-state index contributed by atoms with van der Waals surface area (Å²) in [6, 6.07) is 6.26. The molecule has 0 unspecified atom stereocenters. The monoisotopic (exact) mass is 382 g/mol. The van der Waals surface area contributed by atoms with Crippen molar-refractivity contribution in [3.8, 4) is 0 Å². The van der Waals surface area contributed by atoms with Gasteiger partial charge in [-0.3, -0.25) is 4.79 Å². The summed E-state index contributed by atoms with van der Waals surface area (Å²) in [6.07, 6.45) is 2.53. The molecule has 1 spiro atoms. The Morgan fingerprint density at radius 1 is 1.35 bits per heavy atom. The fraction of sp³-hybridized carbons (Fsp3) is 0.650. The Bertz CT molecular complexity index is 629. The fourth-order valence-corrected chi connectivity index (χ4v) is 4.26. The van der Waals surface area contributed by atoms with Gasteiger partial charge in [-0.05, 0) is 37.8 Å². The number of hydrogen-bond donors (Lipinski definition) is 2. The minimum atomic E-state index is -0.313. The van der Waals surface area contributed by atoms with Gasteiger partial charge in [0, 0.05) is 31.5 Å². The predicted molar refractivity (Wildman–Crippen MR) is 105 cm³/mol. The van der Waals surface area contributed by atoms with Gasteiger partial charge in [-0.25, -0.2) is 0 Å². The third kappa shape index (κ3) is 4.06. The van der Waals surface area contributed by atoms with Crippen LogP contribution in [0.2, 0.25) is 0 Å². The summed E-state index contributed by atoms with van der Waals surface area (Å²) in [4.78, 5) is 14.6. The van der Waals surface area contributed by atoms with E-state index in [-0.39, 0.29) is 35.9 Å². The SMILES string of the molecule is Cc1ccc(C)c(CC(=O)N2CCC3(CC2)[C@H](O)C[C@@H]3OCCN)c1.Cl. The van der Waals surface area contributed by atoms with Crippen molar-refractivity contribution >= 4 is 18.3 Å². The van der Waals surface area contributed by atoms with E-state index >= 15 is 0 Å². The van der Waals surface area contributed by atoms with Crippen LogP contribution >= 0.6 is 12.4 Å². The number of aryl methyl sites for hydroxylation is 2. The van der Waals surface area contributed by atoms with Crippen LogP contribution in [0.3, 0.4) is 0 Å². The molecule has 1 aromatic rings. The minimum Gasteiger partial charge on any atom is -0.392 e. The highest BCUT2D eigenvalue weighted by Gasteiger charge is 2.56. The minimum absolute atomic E-state index is 0. The number of amides is 1. The van der Waals surface area contributed by atoms with E-state index < -0.39 is 0 Å². The molecule has 1 aliphatic heterocycles. The van der Waals surface area contributed by atoms with Gasteiger partial charge in [0.2, 0.25) is 5.91 Å². The number of piperidine rings is 1. The molecule has 2 aliphatic rings. The summed E-state index contributed by atoms with van der Waals surface area (Å²) in [7, 11) is 0. The number of ether oxygens (including phenoxy) is 1. The quantitative estimate of drug-likeness (QED) is 0.816. The molecule has 0 aromatic heterocycles. The summed E-state index contributed by atoms with van der Waals surface area (Å²) in [5, 5.41) is 10.3. The van der Waals surface area contributed by atoms with Crippen LogP contribution in [0.15, 0.2) is 18.2 Å². The summed E-state index contributed by atoms with van der Waals surface area (Å²) in [6.45, 7) is 6.54. The van der Waals surface area contributed by atoms with Crippen molar-refractivity contribution < 1.29 is 14.6 Å². The first-order valence-corrected chi connectivity index (χ1v) is 9.30. The molecule has 1 aromatic carbocycles. The van der Waals surface area contributed by atoms with E-state index in [1.807, 2.05) is 4.90 Å². The van der Waals surface area contributed by atoms with Gasteiger partial charge < -0.3 is 20.5 Å². The largest absolute Gasteiger partial charge is 0.392 e. The molecule has 3 N–H and O–H groups in total. The number of aliphatic hydroxyl groups is 1. The van der Waals surface area contributed by atoms with Crippen molar-refractivity contribution in [3.05, 3.63) is 34.9 Å². The van der Waals surface area contributed by atoms with Crippen molar-refractivity contribution in [2.75, 3.05) is 26.2 Å². The summed E-state index contributed by atoms with van der Waals surface area (Å²) < 4.78 is 5.82. The van der Waals surface area contributed by atoms with Gasteiger partial charge in [0.15, 0.2) is 0 Å². The number of carbonyl (C=O) groups excluding carboxylic acids is 1. The second kappa shape index (κ2) is 8.70. The smallest absolute Gasteiger partial charge is 0.227 e. The molecule has 5 nitrogen and oxygen atoms in total. The lowest BCUT2D eigenvalue weighted by atomic mass is 9.58. The van der Waals surface area contributed by atoms with Crippen LogP contribution in [-0.2, 0) is 16.0 Å². The Kier molecular flexibility index (Phi) is 7.08. The van der Waals surface area contributed by atoms with Crippen LogP contribution in [0.25, 0.3) is 0 Å². The number of hydrogen-bond acceptors (Lipinski definition) is 4. The van der Waals surface area contributed by atoms with Gasteiger partial charge in [0.05, 0.1) is 25.2 Å². The average Bonchev–Trinajstić information content (AvgIpc) is 2.61. The van der Waals surface area contributed by atoms with E-state index in [1.165, 1.54) is 5.56 Å². The molecule has 1 saturated heterocycles. The van der Waals surface area contributed by atoms with Crippen molar-refractivity contribution in [2.45, 2.75) is 51.7 Å². The first-order valence-electron chi connectivity index (χ1n) is 9.30. The lowest BCUT2D eigenvalue weighted by molar-refractivity contribution is -0.210. The maximum absolute atomic E-state index is 12.7. The molecule has 2 atom stereocenters. The maximum Gasteiger partial charge on any atom is 0.227 e. The predicted octanol–water partition coefficient (Wildman–Crippen LogP) is 1.99. The van der Waals surface area contributed by atoms with Crippen molar-refractivity contribution in [1.82, 2.24) is 4.90 Å². The lowest BCUT2D eigenvalue weighted by Crippen LogP contribution is -2.63. The number of rotatable bonds is 5. The molecule has 0 radical (unpaired) electrons. The lowest BCUT2D eigenvalue weighted by Gasteiger charge is -2.56. The molecule has 1 saturated carbocycles. The second-order valence-corrected chi connectivity index (χ2v) is 7.62. The van der Waals surface area contributed by atoms with Gasteiger partial charge in [-0.2, -0.15) is 0 Å². The maximum atomic E-state index is 12.7. The first-order chi connectivity index (χ1) is 12.0. The molecule has 3 rings (SSSR count). The number of benzene rings is 1. The highest BCUT2D eigenvalue weighted by molar-refractivity contribution is 5.85. The molecule has 1 aliphatic carbocycles. The highest BCUT2D eigenvalue weighted by Crippen LogP contribution is 2.50. The summed E-state index contributed by atoms with van der Waals surface area (Å²) >= 11 is 0. The highest BCUT2D eigenvalue weighted by atomic mass is 35.5. The van der Waals surface area contributed by atoms with Crippen molar-refractivity contribution in [1.29, 1.82) is 0 Å². The van der Waals surface area contributed by atoms with Crippen molar-refractivity contribution in [2.24, 2.45) is 11.1 Å². The Hall–Kier alpha value is -1.14. The van der Waals surface area contributed by atoms with Crippen LogP contribution < -0.4 is 5.73 Å². The Labute approximate surface area is 162 Å². The van der Waals surface area contributed by atoms with Gasteiger partial charge >= 0.3 is 0 Å². The molecule has 146 valence electrons. The molecular formula is C20H31ClN2O3. The van der Waals surface area contributed by atoms with E-state index in [9.17, 15) is 9.90 Å². The molecule has 1 amide bonds. The van der Waals surface area contributed by atoms with Gasteiger partial charge in [-0.15, -0.1) is 12.4 Å². The van der Waals surface area contributed by atoms with Gasteiger partial charge in [-0.1, -0.05) is 23.8 Å². The second-order valence-electron chi connectivity index (χ2n) is 7.62. The van der Waals surface area contributed by atoms with Crippen LogP contribution in [0, 0.1) is 19.3 Å². The molecule has 0 bridgehead atoms. The van der Waals surface area contributed by atoms with E-state index in [4.69, 9.17) is 10.5 Å². The average molecular weight is 383 g/mol. The summed E-state index contributed by atoms with van der Waals surface area (Å²) in [5.74, 6) is 0.178. The molecule has 6 heteroatoms. The first kappa shape index (κ1) is 21.2. The summed E-state index contributed by atoms with van der Waals surface area (Å²) in [5.41, 5.74) is 8.81. The third-order valence-corrected chi connectivity index (χ3v) is 6.07. The normalized spacial score (nSPS) is 24.1. The molecule has 1 heterocycles. The van der Waals surface area contributed by atoms with Crippen LogP contribution in [0.4, 0.5) is 0 Å². The number of aliphatic hydroxyl groups excluding tert-OH is 1. The zero-order valence-corrected chi connectivity index (χ0v) is 16.6. The van der Waals surface area contributed by atoms with Gasteiger partial charge in [0.25, 0.3) is 0 Å².